The molecule has 2 bridgehead atoms. The number of hydrogen-bond acceptors (Lipinski definition) is 3. The lowest BCUT2D eigenvalue weighted by molar-refractivity contribution is -0.138. The lowest BCUT2D eigenvalue weighted by atomic mass is 9.97. The van der Waals surface area contributed by atoms with E-state index in [1.54, 1.807) is 0 Å². The van der Waals surface area contributed by atoms with Gasteiger partial charge < -0.3 is 15.7 Å². The second kappa shape index (κ2) is 5.54. The van der Waals surface area contributed by atoms with Gasteiger partial charge in [-0.2, -0.15) is 0 Å². The van der Waals surface area contributed by atoms with Crippen LogP contribution in [0.4, 0.5) is 0 Å². The maximum absolute atomic E-state index is 12.6. The van der Waals surface area contributed by atoms with Crippen molar-refractivity contribution in [1.82, 2.24) is 4.90 Å². The number of aliphatic hydroxyl groups excluding tert-OH is 1. The van der Waals surface area contributed by atoms with E-state index in [2.05, 4.69) is 0 Å². The topological polar surface area (TPSA) is 66.6 Å². The third-order valence-corrected chi connectivity index (χ3v) is 4.58. The average Bonchev–Trinajstić information content (AvgIpc) is 2.71. The third-order valence-electron chi connectivity index (χ3n) is 4.58. The Hall–Kier alpha value is -1.39. The number of benzene rings is 1. The van der Waals surface area contributed by atoms with Gasteiger partial charge >= 0.3 is 0 Å². The highest BCUT2D eigenvalue weighted by atomic mass is 16.3. The molecule has 2 saturated heterocycles. The largest absolute Gasteiger partial charge is 0.393 e. The molecule has 3 N–H and O–H groups in total. The number of nitrogens with zero attached hydrogens (tertiary/aromatic N) is 1. The second-order valence-electron chi connectivity index (χ2n) is 6.05. The Kier molecular flexibility index (Phi) is 3.76. The fourth-order valence-corrected chi connectivity index (χ4v) is 3.65. The van der Waals surface area contributed by atoms with Gasteiger partial charge in [-0.15, -0.1) is 0 Å². The van der Waals surface area contributed by atoms with Gasteiger partial charge in [0.15, 0.2) is 0 Å². The van der Waals surface area contributed by atoms with Crippen LogP contribution in [-0.2, 0) is 11.2 Å². The van der Waals surface area contributed by atoms with Gasteiger partial charge in [0.25, 0.3) is 0 Å². The molecule has 1 amide bonds. The van der Waals surface area contributed by atoms with Gasteiger partial charge in [0.05, 0.1) is 12.1 Å². The van der Waals surface area contributed by atoms with Crippen molar-refractivity contribution >= 4 is 5.91 Å². The average molecular weight is 274 g/mol. The van der Waals surface area contributed by atoms with Gasteiger partial charge in [0, 0.05) is 12.1 Å². The van der Waals surface area contributed by atoms with Crippen molar-refractivity contribution in [2.24, 2.45) is 5.73 Å². The van der Waals surface area contributed by atoms with Gasteiger partial charge in [0.2, 0.25) is 5.91 Å². The van der Waals surface area contributed by atoms with E-state index in [1.165, 1.54) is 0 Å². The van der Waals surface area contributed by atoms with Crippen molar-refractivity contribution in [1.29, 1.82) is 0 Å². The number of aliphatic hydroxyl groups is 1. The first kappa shape index (κ1) is 13.6. The summed E-state index contributed by atoms with van der Waals surface area (Å²) < 4.78 is 0. The van der Waals surface area contributed by atoms with Crippen molar-refractivity contribution in [2.45, 2.75) is 56.3 Å². The highest BCUT2D eigenvalue weighted by Crippen LogP contribution is 2.36. The molecule has 4 heteroatoms. The summed E-state index contributed by atoms with van der Waals surface area (Å²) in [7, 11) is 0. The molecule has 3 atom stereocenters. The van der Waals surface area contributed by atoms with E-state index in [4.69, 9.17) is 5.73 Å². The van der Waals surface area contributed by atoms with Crippen LogP contribution in [0.1, 0.15) is 31.2 Å². The highest BCUT2D eigenvalue weighted by molar-refractivity contribution is 5.83. The normalized spacial score (nSPS) is 30.3. The summed E-state index contributed by atoms with van der Waals surface area (Å²) in [6.07, 6.45) is 3.76. The van der Waals surface area contributed by atoms with E-state index in [-0.39, 0.29) is 24.1 Å². The highest BCUT2D eigenvalue weighted by Gasteiger charge is 2.43. The van der Waals surface area contributed by atoms with Crippen LogP contribution in [0.5, 0.6) is 0 Å². The molecule has 1 aromatic carbocycles. The standard InChI is InChI=1S/C16H22N2O2/c17-15(8-11-4-2-1-3-5-11)16(20)18-12-6-7-13(18)10-14(19)9-12/h1-5,12-15,19H,6-10,17H2/t12?,13?,14?,15-/m1/s1. The Labute approximate surface area is 119 Å². The number of piperidine rings is 1. The Morgan fingerprint density at radius 3 is 2.45 bits per heavy atom. The molecule has 0 spiro atoms. The second-order valence-corrected chi connectivity index (χ2v) is 6.05. The number of amides is 1. The molecule has 2 fully saturated rings. The first-order valence-corrected chi connectivity index (χ1v) is 7.45. The first-order valence-electron chi connectivity index (χ1n) is 7.45. The van der Waals surface area contributed by atoms with E-state index < -0.39 is 6.04 Å². The van der Waals surface area contributed by atoms with Crippen LogP contribution in [0.2, 0.25) is 0 Å². The van der Waals surface area contributed by atoms with Crippen LogP contribution < -0.4 is 5.73 Å². The summed E-state index contributed by atoms with van der Waals surface area (Å²) in [5.74, 6) is 0.0493. The number of hydrogen-bond donors (Lipinski definition) is 2. The van der Waals surface area contributed by atoms with Crippen molar-refractivity contribution < 1.29 is 9.90 Å². The molecule has 3 rings (SSSR count). The summed E-state index contributed by atoms with van der Waals surface area (Å²) in [5.41, 5.74) is 7.21. The molecule has 108 valence electrons. The molecular weight excluding hydrogens is 252 g/mol. The van der Waals surface area contributed by atoms with Gasteiger partial charge in [-0.1, -0.05) is 30.3 Å². The maximum Gasteiger partial charge on any atom is 0.240 e. The molecule has 0 radical (unpaired) electrons. The summed E-state index contributed by atoms with van der Waals surface area (Å²) >= 11 is 0. The van der Waals surface area contributed by atoms with Crippen LogP contribution in [0.15, 0.2) is 30.3 Å². The number of rotatable bonds is 3. The van der Waals surface area contributed by atoms with Crippen molar-refractivity contribution in [2.75, 3.05) is 0 Å². The monoisotopic (exact) mass is 274 g/mol. The minimum atomic E-state index is -0.476. The minimum Gasteiger partial charge on any atom is -0.393 e. The zero-order valence-electron chi connectivity index (χ0n) is 11.6. The predicted octanol–water partition coefficient (Wildman–Crippen LogP) is 1.07. The van der Waals surface area contributed by atoms with E-state index in [0.717, 1.165) is 18.4 Å². The molecule has 0 saturated carbocycles. The Balaban J connectivity index is 1.67. The first-order chi connectivity index (χ1) is 9.65. The molecule has 2 aliphatic rings. The summed E-state index contributed by atoms with van der Waals surface area (Å²) in [5, 5.41) is 9.79. The van der Waals surface area contributed by atoms with Crippen molar-refractivity contribution in [3.63, 3.8) is 0 Å². The molecule has 0 aromatic heterocycles. The fourth-order valence-electron chi connectivity index (χ4n) is 3.65. The SMILES string of the molecule is N[C@H](Cc1ccccc1)C(=O)N1C2CCC1CC(O)C2. The van der Waals surface area contributed by atoms with Crippen molar-refractivity contribution in [3.05, 3.63) is 35.9 Å². The number of carbonyl (C=O) groups is 1. The fraction of sp³-hybridized carbons (Fsp3) is 0.562. The predicted molar refractivity (Wildman–Crippen MR) is 77.0 cm³/mol. The zero-order valence-corrected chi connectivity index (χ0v) is 11.6. The van der Waals surface area contributed by atoms with Crippen LogP contribution in [0.25, 0.3) is 0 Å². The Morgan fingerprint density at radius 2 is 1.85 bits per heavy atom. The quantitative estimate of drug-likeness (QED) is 0.866. The van der Waals surface area contributed by atoms with Gasteiger partial charge in [-0.05, 0) is 37.7 Å². The minimum absolute atomic E-state index is 0.0493. The molecule has 0 aliphatic carbocycles. The zero-order chi connectivity index (χ0) is 14.1. The maximum atomic E-state index is 12.6. The summed E-state index contributed by atoms with van der Waals surface area (Å²) in [4.78, 5) is 14.5. The summed E-state index contributed by atoms with van der Waals surface area (Å²) in [6.45, 7) is 0. The van der Waals surface area contributed by atoms with Crippen molar-refractivity contribution in [3.8, 4) is 0 Å². The van der Waals surface area contributed by atoms with Crippen LogP contribution >= 0.6 is 0 Å². The van der Waals surface area contributed by atoms with Gasteiger partial charge in [0.1, 0.15) is 0 Å². The summed E-state index contributed by atoms with van der Waals surface area (Å²) in [6, 6.07) is 9.81. The molecule has 2 aliphatic heterocycles. The smallest absolute Gasteiger partial charge is 0.240 e. The lowest BCUT2D eigenvalue weighted by Crippen LogP contribution is -2.54. The van der Waals surface area contributed by atoms with Gasteiger partial charge in [-0.3, -0.25) is 4.79 Å². The number of fused-ring (bicyclic) bond motifs is 2. The van der Waals surface area contributed by atoms with Gasteiger partial charge in [-0.25, -0.2) is 0 Å². The van der Waals surface area contributed by atoms with E-state index in [0.29, 0.717) is 19.3 Å². The lowest BCUT2D eigenvalue weighted by Gasteiger charge is -2.38. The Morgan fingerprint density at radius 1 is 1.25 bits per heavy atom. The van der Waals surface area contributed by atoms with E-state index in [1.807, 2.05) is 35.2 Å². The molecule has 20 heavy (non-hydrogen) atoms. The van der Waals surface area contributed by atoms with E-state index >= 15 is 0 Å². The molecule has 1 aromatic rings. The van der Waals surface area contributed by atoms with E-state index in [9.17, 15) is 9.90 Å². The number of carbonyl (C=O) groups excluding carboxylic acids is 1. The Bertz CT molecular complexity index is 463. The number of nitrogens with two attached hydrogens (primary N) is 1. The van der Waals surface area contributed by atoms with Crippen LogP contribution in [-0.4, -0.2) is 40.1 Å². The third kappa shape index (κ3) is 2.58. The van der Waals surface area contributed by atoms with Crippen LogP contribution in [0, 0.1) is 0 Å². The molecule has 2 heterocycles. The molecule has 4 nitrogen and oxygen atoms in total. The molecular formula is C16H22N2O2. The molecule has 2 unspecified atom stereocenters. The van der Waals surface area contributed by atoms with Crippen LogP contribution in [0.3, 0.4) is 0 Å².